The van der Waals surface area contributed by atoms with E-state index in [-0.39, 0.29) is 17.2 Å². The number of hydrogen-bond acceptors (Lipinski definition) is 6. The zero-order chi connectivity index (χ0) is 21.0. The lowest BCUT2D eigenvalue weighted by Crippen LogP contribution is -1.92. The van der Waals surface area contributed by atoms with Crippen molar-refractivity contribution in [3.63, 3.8) is 0 Å². The van der Waals surface area contributed by atoms with E-state index < -0.39 is 10.7 Å². The third kappa shape index (κ3) is 4.33. The number of aromatic hydroxyl groups is 1. The van der Waals surface area contributed by atoms with Crippen LogP contribution in [-0.2, 0) is 0 Å². The quantitative estimate of drug-likeness (QED) is 0.304. The molecule has 29 heavy (non-hydrogen) atoms. The Labute approximate surface area is 170 Å². The van der Waals surface area contributed by atoms with Gasteiger partial charge in [0.05, 0.1) is 21.2 Å². The molecule has 8 heteroatoms. The van der Waals surface area contributed by atoms with Crippen LogP contribution < -0.4 is 4.74 Å². The number of nitrogens with zero attached hydrogens (tertiary/aromatic N) is 2. The van der Waals surface area contributed by atoms with E-state index in [4.69, 9.17) is 4.74 Å². The molecule has 0 radical (unpaired) electrons. The number of phenols is 1. The standard InChI is InChI=1S/C19H11FN2O4S.C2H6/c20-14-9-12(22(24)25)3-6-16(14)26-17-7-8-21-15-10-18(27-19(15)17)11-1-4-13(23)5-2-11;1-2/h1-10,23H;1-2H3. The largest absolute Gasteiger partial charge is 0.508 e. The number of phenolic OH excluding ortho intramolecular Hbond substituents is 1. The molecular weight excluding hydrogens is 395 g/mol. The number of fused-ring (bicyclic) bond motifs is 1. The maximum absolute atomic E-state index is 14.1. The van der Waals surface area contributed by atoms with E-state index in [1.54, 1.807) is 36.5 Å². The Kier molecular flexibility index (Phi) is 6.04. The van der Waals surface area contributed by atoms with Crippen molar-refractivity contribution >= 4 is 27.2 Å². The zero-order valence-corrected chi connectivity index (χ0v) is 16.4. The number of thiophene rings is 1. The molecule has 0 atom stereocenters. The van der Waals surface area contributed by atoms with Gasteiger partial charge in [-0.3, -0.25) is 15.1 Å². The summed E-state index contributed by atoms with van der Waals surface area (Å²) in [5.41, 5.74) is 1.25. The van der Waals surface area contributed by atoms with Crippen LogP contribution in [0, 0.1) is 15.9 Å². The minimum absolute atomic E-state index is 0.104. The van der Waals surface area contributed by atoms with Crippen LogP contribution in [0.5, 0.6) is 17.2 Å². The first-order valence-electron chi connectivity index (χ1n) is 8.81. The number of benzene rings is 2. The van der Waals surface area contributed by atoms with Crippen LogP contribution in [0.2, 0.25) is 0 Å². The monoisotopic (exact) mass is 412 g/mol. The van der Waals surface area contributed by atoms with Crippen LogP contribution in [0.4, 0.5) is 10.1 Å². The molecule has 0 aliphatic carbocycles. The van der Waals surface area contributed by atoms with E-state index >= 15 is 0 Å². The molecule has 0 aliphatic rings. The third-order valence-electron chi connectivity index (χ3n) is 3.87. The first-order valence-corrected chi connectivity index (χ1v) is 9.62. The summed E-state index contributed by atoms with van der Waals surface area (Å²) >= 11 is 1.42. The molecule has 4 aromatic rings. The lowest BCUT2D eigenvalue weighted by molar-refractivity contribution is -0.385. The first kappa shape index (κ1) is 20.2. The van der Waals surface area contributed by atoms with Gasteiger partial charge in [0.1, 0.15) is 11.5 Å². The van der Waals surface area contributed by atoms with Gasteiger partial charge in [-0.1, -0.05) is 13.8 Å². The summed E-state index contributed by atoms with van der Waals surface area (Å²) in [7, 11) is 0. The van der Waals surface area contributed by atoms with Crippen molar-refractivity contribution in [3.8, 4) is 27.7 Å². The van der Waals surface area contributed by atoms with Gasteiger partial charge in [-0.25, -0.2) is 4.39 Å². The summed E-state index contributed by atoms with van der Waals surface area (Å²) in [5, 5.41) is 20.2. The SMILES string of the molecule is CC.O=[N+]([O-])c1ccc(Oc2ccnc3cc(-c4ccc(O)cc4)sc23)c(F)c1. The molecule has 2 aromatic carbocycles. The lowest BCUT2D eigenvalue weighted by atomic mass is 10.2. The van der Waals surface area contributed by atoms with Gasteiger partial charge in [0.2, 0.25) is 0 Å². The summed E-state index contributed by atoms with van der Waals surface area (Å²) in [6, 6.07) is 13.5. The molecule has 4 rings (SSSR count). The number of non-ortho nitro benzene ring substituents is 1. The highest BCUT2D eigenvalue weighted by molar-refractivity contribution is 7.22. The molecule has 2 aromatic heterocycles. The van der Waals surface area contributed by atoms with E-state index in [9.17, 15) is 19.6 Å². The number of aromatic nitrogens is 1. The fourth-order valence-corrected chi connectivity index (χ4v) is 3.64. The van der Waals surface area contributed by atoms with Gasteiger partial charge >= 0.3 is 0 Å². The fraction of sp³-hybridized carbons (Fsp3) is 0.0952. The Morgan fingerprint density at radius 1 is 1.07 bits per heavy atom. The van der Waals surface area contributed by atoms with Gasteiger partial charge in [0.15, 0.2) is 11.6 Å². The van der Waals surface area contributed by atoms with Gasteiger partial charge in [-0.2, -0.15) is 0 Å². The first-order chi connectivity index (χ1) is 14.0. The minimum Gasteiger partial charge on any atom is -0.508 e. The summed E-state index contributed by atoms with van der Waals surface area (Å²) in [6.45, 7) is 4.00. The van der Waals surface area contributed by atoms with Gasteiger partial charge in [-0.05, 0) is 42.0 Å². The number of nitro benzene ring substituents is 1. The van der Waals surface area contributed by atoms with E-state index in [1.807, 2.05) is 19.9 Å². The van der Waals surface area contributed by atoms with Crippen LogP contribution in [0.3, 0.4) is 0 Å². The van der Waals surface area contributed by atoms with Crippen molar-refractivity contribution < 1.29 is 19.2 Å². The highest BCUT2D eigenvalue weighted by Crippen LogP contribution is 2.40. The second-order valence-electron chi connectivity index (χ2n) is 5.65. The molecule has 0 spiro atoms. The lowest BCUT2D eigenvalue weighted by Gasteiger charge is -2.07. The minimum atomic E-state index is -0.815. The fourth-order valence-electron chi connectivity index (χ4n) is 2.57. The van der Waals surface area contributed by atoms with E-state index in [2.05, 4.69) is 4.98 Å². The Morgan fingerprint density at radius 3 is 2.45 bits per heavy atom. The van der Waals surface area contributed by atoms with Crippen LogP contribution in [0.15, 0.2) is 60.8 Å². The second-order valence-corrected chi connectivity index (χ2v) is 6.71. The molecule has 1 N–H and O–H groups in total. The highest BCUT2D eigenvalue weighted by Gasteiger charge is 2.15. The smallest absolute Gasteiger partial charge is 0.272 e. The highest BCUT2D eigenvalue weighted by atomic mass is 32.1. The second kappa shape index (κ2) is 8.66. The average Bonchev–Trinajstić information content (AvgIpc) is 3.16. The molecule has 0 fully saturated rings. The van der Waals surface area contributed by atoms with Crippen molar-refractivity contribution in [2.75, 3.05) is 0 Å². The molecular formula is C21H17FN2O4S. The molecule has 2 heterocycles. The van der Waals surface area contributed by atoms with Crippen LogP contribution >= 0.6 is 11.3 Å². The van der Waals surface area contributed by atoms with Crippen molar-refractivity contribution in [1.29, 1.82) is 0 Å². The Morgan fingerprint density at radius 2 is 1.79 bits per heavy atom. The Balaban J connectivity index is 0.00000117. The van der Waals surface area contributed by atoms with E-state index in [0.29, 0.717) is 11.3 Å². The van der Waals surface area contributed by atoms with Gasteiger partial charge < -0.3 is 9.84 Å². The summed E-state index contributed by atoms with van der Waals surface area (Å²) in [4.78, 5) is 15.3. The number of nitro groups is 1. The third-order valence-corrected chi connectivity index (χ3v) is 5.06. The summed E-state index contributed by atoms with van der Waals surface area (Å²) in [6.07, 6.45) is 1.55. The maximum Gasteiger partial charge on any atom is 0.272 e. The van der Waals surface area contributed by atoms with Crippen molar-refractivity contribution in [2.45, 2.75) is 13.8 Å². The molecule has 0 aliphatic heterocycles. The number of hydrogen-bond donors (Lipinski definition) is 1. The number of rotatable bonds is 4. The molecule has 0 bridgehead atoms. The van der Waals surface area contributed by atoms with Crippen molar-refractivity contribution in [2.24, 2.45) is 0 Å². The van der Waals surface area contributed by atoms with E-state index in [0.717, 1.165) is 21.2 Å². The van der Waals surface area contributed by atoms with Gasteiger partial charge in [-0.15, -0.1) is 11.3 Å². The number of halogens is 1. The van der Waals surface area contributed by atoms with Gasteiger partial charge in [0.25, 0.3) is 5.69 Å². The summed E-state index contributed by atoms with van der Waals surface area (Å²) in [5.74, 6) is -0.337. The Hall–Kier alpha value is -3.52. The van der Waals surface area contributed by atoms with Crippen LogP contribution in [-0.4, -0.2) is 15.0 Å². The predicted octanol–water partition coefficient (Wildman–Crippen LogP) is 6.53. The predicted molar refractivity (Wildman–Crippen MR) is 111 cm³/mol. The summed E-state index contributed by atoms with van der Waals surface area (Å²) < 4.78 is 20.5. The number of pyridine rings is 1. The van der Waals surface area contributed by atoms with Crippen LogP contribution in [0.1, 0.15) is 13.8 Å². The molecule has 0 amide bonds. The van der Waals surface area contributed by atoms with Crippen LogP contribution in [0.25, 0.3) is 20.7 Å². The van der Waals surface area contributed by atoms with Gasteiger partial charge in [0, 0.05) is 23.2 Å². The Bertz CT molecular complexity index is 1160. The molecule has 6 nitrogen and oxygen atoms in total. The van der Waals surface area contributed by atoms with E-state index in [1.165, 1.54) is 23.5 Å². The molecule has 0 saturated heterocycles. The van der Waals surface area contributed by atoms with Crippen molar-refractivity contribution in [1.82, 2.24) is 4.98 Å². The van der Waals surface area contributed by atoms with Crippen molar-refractivity contribution in [3.05, 3.63) is 76.7 Å². The molecule has 148 valence electrons. The zero-order valence-electron chi connectivity index (χ0n) is 15.6. The normalized spacial score (nSPS) is 10.3. The number of ether oxygens (including phenoxy) is 1. The maximum atomic E-state index is 14.1. The molecule has 0 unspecified atom stereocenters. The average molecular weight is 412 g/mol. The molecule has 0 saturated carbocycles. The topological polar surface area (TPSA) is 85.5 Å².